The summed E-state index contributed by atoms with van der Waals surface area (Å²) in [5, 5.41) is 3.59. The Morgan fingerprint density at radius 1 is 1.25 bits per heavy atom. The Labute approximate surface area is 138 Å². The van der Waals surface area contributed by atoms with Crippen LogP contribution in [0.3, 0.4) is 0 Å². The van der Waals surface area contributed by atoms with Gasteiger partial charge in [-0.3, -0.25) is 4.99 Å². The zero-order chi connectivity index (χ0) is 13.2. The summed E-state index contributed by atoms with van der Waals surface area (Å²) in [5.74, 6) is 1.89. The lowest BCUT2D eigenvalue weighted by Crippen LogP contribution is -2.48. The maximum Gasteiger partial charge on any atom is 0.194 e. The maximum absolute atomic E-state index is 4.71. The van der Waals surface area contributed by atoms with Gasteiger partial charge in [0.05, 0.1) is 18.6 Å². The number of hydrogen-bond donors (Lipinski definition) is 1. The predicted molar refractivity (Wildman–Crippen MR) is 94.6 cm³/mol. The van der Waals surface area contributed by atoms with Crippen LogP contribution in [0, 0.1) is 5.92 Å². The van der Waals surface area contributed by atoms with Crippen LogP contribution in [0.15, 0.2) is 35.3 Å². The van der Waals surface area contributed by atoms with E-state index in [1.54, 1.807) is 0 Å². The fraction of sp³-hybridized carbons (Fsp3) is 0.562. The largest absolute Gasteiger partial charge is 0.350 e. The first-order chi connectivity index (χ1) is 9.24. The summed E-state index contributed by atoms with van der Waals surface area (Å²) in [4.78, 5) is 7.19. The lowest BCUT2D eigenvalue weighted by atomic mass is 9.95. The van der Waals surface area contributed by atoms with E-state index in [0.29, 0.717) is 12.1 Å². The van der Waals surface area contributed by atoms with Crippen molar-refractivity contribution >= 4 is 29.9 Å². The van der Waals surface area contributed by atoms with Crippen molar-refractivity contribution in [2.75, 3.05) is 13.1 Å². The van der Waals surface area contributed by atoms with Crippen LogP contribution >= 0.6 is 24.0 Å². The molecule has 0 spiro atoms. The Balaban J connectivity index is 0.00000147. The predicted octanol–water partition coefficient (Wildman–Crippen LogP) is 3.43. The number of aliphatic imine (C=N–C) groups is 1. The molecule has 1 aromatic carbocycles. The molecule has 3 rings (SSSR count). The molecule has 1 N–H and O–H groups in total. The van der Waals surface area contributed by atoms with E-state index in [9.17, 15) is 0 Å². The van der Waals surface area contributed by atoms with Crippen LogP contribution in [0.2, 0.25) is 0 Å². The molecule has 4 heteroatoms. The second-order valence-electron chi connectivity index (χ2n) is 5.93. The maximum atomic E-state index is 4.71. The number of fused-ring (bicyclic) bond motifs is 1. The molecule has 0 aliphatic carbocycles. The number of guanidine groups is 1. The Hall–Kier alpha value is -0.780. The Morgan fingerprint density at radius 3 is 2.75 bits per heavy atom. The van der Waals surface area contributed by atoms with Crippen molar-refractivity contribution in [2.24, 2.45) is 10.9 Å². The minimum atomic E-state index is 0. The van der Waals surface area contributed by atoms with Crippen molar-refractivity contribution in [3.63, 3.8) is 0 Å². The summed E-state index contributed by atoms with van der Waals surface area (Å²) in [6, 6.07) is 11.5. The number of benzene rings is 1. The average Bonchev–Trinajstić information content (AvgIpc) is 2.82. The molecule has 2 aliphatic rings. The van der Waals surface area contributed by atoms with Gasteiger partial charge in [-0.1, -0.05) is 37.3 Å². The number of piperidine rings is 1. The van der Waals surface area contributed by atoms with E-state index in [4.69, 9.17) is 4.99 Å². The molecule has 2 heterocycles. The molecule has 0 saturated carbocycles. The van der Waals surface area contributed by atoms with Crippen molar-refractivity contribution in [3.8, 4) is 0 Å². The fourth-order valence-corrected chi connectivity index (χ4v) is 3.09. The number of rotatable bonds is 2. The van der Waals surface area contributed by atoms with Crippen LogP contribution in [0.5, 0.6) is 0 Å². The molecule has 1 fully saturated rings. The fourth-order valence-electron chi connectivity index (χ4n) is 3.09. The summed E-state index contributed by atoms with van der Waals surface area (Å²) in [6.07, 6.45) is 2.63. The van der Waals surface area contributed by atoms with E-state index in [0.717, 1.165) is 25.0 Å². The molecule has 0 amide bonds. The third-order valence-corrected chi connectivity index (χ3v) is 4.31. The zero-order valence-corrected chi connectivity index (χ0v) is 14.6. The first-order valence-corrected chi connectivity index (χ1v) is 7.36. The zero-order valence-electron chi connectivity index (χ0n) is 12.2. The van der Waals surface area contributed by atoms with Crippen LogP contribution in [-0.2, 0) is 0 Å². The van der Waals surface area contributed by atoms with Gasteiger partial charge in [-0.15, -0.1) is 24.0 Å². The monoisotopic (exact) mass is 385 g/mol. The Morgan fingerprint density at radius 2 is 2.00 bits per heavy atom. The summed E-state index contributed by atoms with van der Waals surface area (Å²) >= 11 is 0. The smallest absolute Gasteiger partial charge is 0.194 e. The third-order valence-electron chi connectivity index (χ3n) is 4.31. The highest BCUT2D eigenvalue weighted by molar-refractivity contribution is 14.0. The van der Waals surface area contributed by atoms with Gasteiger partial charge in [-0.05, 0) is 31.2 Å². The standard InChI is InChI=1S/C16H23N3.HI/c1-12-8-9-15-10-17-16(19(15)11-12)18-13(2)14-6-4-3-5-7-14;/h3-7,12-13,15H,8-11H2,1-2H3,(H,17,18);1H/t12?,13-,15?;/m1./s1. The van der Waals surface area contributed by atoms with Gasteiger partial charge in [-0.2, -0.15) is 0 Å². The highest BCUT2D eigenvalue weighted by Crippen LogP contribution is 2.26. The van der Waals surface area contributed by atoms with Crippen LogP contribution in [0.4, 0.5) is 0 Å². The highest BCUT2D eigenvalue weighted by atomic mass is 127. The second kappa shape index (κ2) is 6.78. The Bertz CT molecular complexity index is 460. The Kier molecular flexibility index (Phi) is 5.29. The van der Waals surface area contributed by atoms with Crippen LogP contribution < -0.4 is 5.32 Å². The van der Waals surface area contributed by atoms with Crippen molar-refractivity contribution in [1.29, 1.82) is 0 Å². The number of nitrogens with zero attached hydrogens (tertiary/aromatic N) is 2. The topological polar surface area (TPSA) is 27.6 Å². The highest BCUT2D eigenvalue weighted by Gasteiger charge is 2.33. The lowest BCUT2D eigenvalue weighted by molar-refractivity contribution is 0.210. The second-order valence-corrected chi connectivity index (χ2v) is 5.93. The van der Waals surface area contributed by atoms with E-state index >= 15 is 0 Å². The van der Waals surface area contributed by atoms with Crippen LogP contribution in [0.25, 0.3) is 0 Å². The van der Waals surface area contributed by atoms with Gasteiger partial charge in [0.1, 0.15) is 0 Å². The van der Waals surface area contributed by atoms with E-state index in [-0.39, 0.29) is 24.0 Å². The minimum Gasteiger partial charge on any atom is -0.350 e. The van der Waals surface area contributed by atoms with Gasteiger partial charge in [0.15, 0.2) is 5.96 Å². The molecule has 2 aliphatic heterocycles. The molecule has 0 bridgehead atoms. The molecule has 1 aromatic rings. The molecule has 0 radical (unpaired) electrons. The number of halogens is 1. The number of nitrogens with one attached hydrogen (secondary N) is 1. The third kappa shape index (κ3) is 3.27. The molecule has 2 unspecified atom stereocenters. The molecule has 3 atom stereocenters. The molecular formula is C16H24IN3. The van der Waals surface area contributed by atoms with Gasteiger partial charge in [0, 0.05) is 6.54 Å². The lowest BCUT2D eigenvalue weighted by Gasteiger charge is -2.36. The molecule has 1 saturated heterocycles. The van der Waals surface area contributed by atoms with Gasteiger partial charge < -0.3 is 10.2 Å². The van der Waals surface area contributed by atoms with E-state index in [1.807, 2.05) is 0 Å². The normalized spacial score (nSPS) is 26.3. The van der Waals surface area contributed by atoms with E-state index in [2.05, 4.69) is 54.4 Å². The van der Waals surface area contributed by atoms with E-state index in [1.165, 1.54) is 18.4 Å². The van der Waals surface area contributed by atoms with Crippen molar-refractivity contribution in [2.45, 2.75) is 38.8 Å². The first-order valence-electron chi connectivity index (χ1n) is 7.36. The molecule has 3 nitrogen and oxygen atoms in total. The van der Waals surface area contributed by atoms with Crippen molar-refractivity contribution in [1.82, 2.24) is 10.2 Å². The van der Waals surface area contributed by atoms with Gasteiger partial charge in [-0.25, -0.2) is 0 Å². The quantitative estimate of drug-likeness (QED) is 0.791. The van der Waals surface area contributed by atoms with Gasteiger partial charge >= 0.3 is 0 Å². The molecule has 20 heavy (non-hydrogen) atoms. The molecule has 0 aromatic heterocycles. The summed E-state index contributed by atoms with van der Waals surface area (Å²) < 4.78 is 0. The van der Waals surface area contributed by atoms with Crippen molar-refractivity contribution < 1.29 is 0 Å². The summed E-state index contributed by atoms with van der Waals surface area (Å²) in [6.45, 7) is 6.67. The first kappa shape index (κ1) is 15.6. The summed E-state index contributed by atoms with van der Waals surface area (Å²) in [5.41, 5.74) is 1.32. The van der Waals surface area contributed by atoms with Crippen LogP contribution in [0.1, 0.15) is 38.3 Å². The molecule has 110 valence electrons. The van der Waals surface area contributed by atoms with Crippen LogP contribution in [-0.4, -0.2) is 30.0 Å². The average molecular weight is 385 g/mol. The minimum absolute atomic E-state index is 0. The number of hydrogen-bond acceptors (Lipinski definition) is 3. The van der Waals surface area contributed by atoms with Crippen molar-refractivity contribution in [3.05, 3.63) is 35.9 Å². The van der Waals surface area contributed by atoms with E-state index < -0.39 is 0 Å². The van der Waals surface area contributed by atoms with Gasteiger partial charge in [0.25, 0.3) is 0 Å². The molecular weight excluding hydrogens is 361 g/mol. The SMILES string of the molecule is CC1CCC2CN=C(N[C@H](C)c3ccccc3)N2C1.I. The van der Waals surface area contributed by atoms with Gasteiger partial charge in [0.2, 0.25) is 0 Å². The summed E-state index contributed by atoms with van der Waals surface area (Å²) in [7, 11) is 0.